The third-order valence-electron chi connectivity index (χ3n) is 17.0. The van der Waals surface area contributed by atoms with Crippen molar-refractivity contribution in [2.24, 2.45) is 5.92 Å². The molecule has 0 aliphatic rings. The molecule has 0 saturated heterocycles. The Morgan fingerprint density at radius 3 is 0.739 bits per heavy atom. The van der Waals surface area contributed by atoms with E-state index >= 15 is 0 Å². The molecule has 0 saturated carbocycles. The number of ether oxygens (including phenoxy) is 4. The first kappa shape index (κ1) is 90.1. The summed E-state index contributed by atoms with van der Waals surface area (Å²) in [4.78, 5) is 72.6. The van der Waals surface area contributed by atoms with Gasteiger partial charge in [0.05, 0.1) is 26.4 Å². The SMILES string of the molecule is CCCCCCCCCCCCCCCCCCCCCCC(=O)O[C@H](COC(=O)CCCCCCCCCCCCCCC)COP(=O)(O)OC[C@@H](O)COP(=O)(O)OC[C@@H](COC(=O)CCCCCCCCCCC)OC(=O)CCCCCCCCCC(C)C. The van der Waals surface area contributed by atoms with Crippen LogP contribution in [0.1, 0.15) is 381 Å². The van der Waals surface area contributed by atoms with Gasteiger partial charge in [0.2, 0.25) is 0 Å². The van der Waals surface area contributed by atoms with E-state index in [0.29, 0.717) is 31.6 Å². The Balaban J connectivity index is 5.18. The number of rotatable bonds is 73. The molecule has 2 unspecified atom stereocenters. The van der Waals surface area contributed by atoms with Gasteiger partial charge in [-0.2, -0.15) is 0 Å². The van der Waals surface area contributed by atoms with Crippen LogP contribution in [0.15, 0.2) is 0 Å². The average molecular weight is 1350 g/mol. The molecule has 0 aliphatic carbocycles. The van der Waals surface area contributed by atoms with Gasteiger partial charge in [0.25, 0.3) is 0 Å². The summed E-state index contributed by atoms with van der Waals surface area (Å²) in [5, 5.41) is 10.6. The summed E-state index contributed by atoms with van der Waals surface area (Å²) in [6.07, 6.45) is 54.3. The zero-order valence-electron chi connectivity index (χ0n) is 59.7. The fraction of sp³-hybridized carbons (Fsp3) is 0.945. The Kier molecular flexibility index (Phi) is 64.9. The van der Waals surface area contributed by atoms with Crippen LogP contribution in [0.4, 0.5) is 0 Å². The Hall–Kier alpha value is -1.94. The van der Waals surface area contributed by atoms with Gasteiger partial charge in [-0.3, -0.25) is 37.3 Å². The van der Waals surface area contributed by atoms with Gasteiger partial charge in [0, 0.05) is 25.7 Å². The number of carbonyl (C=O) groups is 4. The van der Waals surface area contributed by atoms with E-state index in [9.17, 15) is 43.2 Å². The highest BCUT2D eigenvalue weighted by Crippen LogP contribution is 2.45. The number of esters is 4. The minimum Gasteiger partial charge on any atom is -0.462 e. The van der Waals surface area contributed by atoms with Crippen LogP contribution in [-0.4, -0.2) is 96.7 Å². The standard InChI is InChI=1S/C73H142O17P2/c1-6-9-12-15-18-21-23-25-26-27-28-29-30-31-33-35-38-43-48-53-58-72(77)89-68(62-84-71(76)57-52-47-42-37-34-32-24-22-19-16-13-10-7-2)64-87-91(79,80)85-60-67(74)61-86-92(81,82)88-65-69(63-83-70(75)56-51-46-41-36-20-17-14-11-8-3)90-73(78)59-54-49-44-39-40-45-50-55-66(4)5/h66-69,74H,6-65H2,1-5H3,(H,79,80)(H,81,82)/t67-,68-,69-/m1/s1. The van der Waals surface area contributed by atoms with E-state index in [1.54, 1.807) is 0 Å². The van der Waals surface area contributed by atoms with Gasteiger partial charge in [-0.1, -0.05) is 330 Å². The van der Waals surface area contributed by atoms with Gasteiger partial charge in [0.15, 0.2) is 12.2 Å². The molecule has 92 heavy (non-hydrogen) atoms. The fourth-order valence-corrected chi connectivity index (χ4v) is 12.8. The Bertz CT molecular complexity index is 1770. The van der Waals surface area contributed by atoms with E-state index in [2.05, 4.69) is 34.6 Å². The van der Waals surface area contributed by atoms with E-state index in [1.807, 2.05) is 0 Å². The van der Waals surface area contributed by atoms with Crippen LogP contribution in [-0.2, 0) is 65.4 Å². The molecule has 0 amide bonds. The fourth-order valence-electron chi connectivity index (χ4n) is 11.2. The Morgan fingerprint density at radius 1 is 0.293 bits per heavy atom. The van der Waals surface area contributed by atoms with E-state index < -0.39 is 97.5 Å². The first-order valence-corrected chi connectivity index (χ1v) is 41.1. The van der Waals surface area contributed by atoms with Crippen LogP contribution in [0, 0.1) is 5.92 Å². The molecule has 0 bridgehead atoms. The molecular formula is C73H142O17P2. The number of phosphoric ester groups is 2. The largest absolute Gasteiger partial charge is 0.472 e. The monoisotopic (exact) mass is 1350 g/mol. The number of phosphoric acid groups is 2. The molecule has 0 fully saturated rings. The molecule has 0 radical (unpaired) electrons. The molecule has 546 valence electrons. The lowest BCUT2D eigenvalue weighted by Crippen LogP contribution is -2.30. The van der Waals surface area contributed by atoms with Crippen molar-refractivity contribution in [3.8, 4) is 0 Å². The van der Waals surface area contributed by atoms with Crippen molar-refractivity contribution in [2.45, 2.75) is 400 Å². The van der Waals surface area contributed by atoms with Gasteiger partial charge < -0.3 is 33.8 Å². The second-order valence-corrected chi connectivity index (χ2v) is 29.7. The molecule has 0 aromatic carbocycles. The lowest BCUT2D eigenvalue weighted by molar-refractivity contribution is -0.161. The van der Waals surface area contributed by atoms with Crippen molar-refractivity contribution in [3.05, 3.63) is 0 Å². The number of unbranched alkanes of at least 4 members (excludes halogenated alkanes) is 45. The van der Waals surface area contributed by atoms with Gasteiger partial charge in [-0.25, -0.2) is 9.13 Å². The van der Waals surface area contributed by atoms with Crippen LogP contribution in [0.3, 0.4) is 0 Å². The summed E-state index contributed by atoms with van der Waals surface area (Å²) in [7, 11) is -9.90. The molecule has 0 aromatic rings. The highest BCUT2D eigenvalue weighted by atomic mass is 31.2. The van der Waals surface area contributed by atoms with Gasteiger partial charge in [0.1, 0.15) is 19.3 Å². The third-order valence-corrected chi connectivity index (χ3v) is 18.9. The maximum absolute atomic E-state index is 13.1. The van der Waals surface area contributed by atoms with Crippen LogP contribution >= 0.6 is 15.6 Å². The zero-order chi connectivity index (χ0) is 67.7. The first-order valence-electron chi connectivity index (χ1n) is 38.1. The van der Waals surface area contributed by atoms with Crippen LogP contribution < -0.4 is 0 Å². The molecule has 0 aliphatic heterocycles. The van der Waals surface area contributed by atoms with Crippen molar-refractivity contribution >= 4 is 39.5 Å². The summed E-state index contributed by atoms with van der Waals surface area (Å²) in [6.45, 7) is 7.19. The van der Waals surface area contributed by atoms with Crippen molar-refractivity contribution < 1.29 is 80.2 Å². The maximum atomic E-state index is 13.1. The molecule has 0 heterocycles. The summed E-state index contributed by atoms with van der Waals surface area (Å²) in [6, 6.07) is 0. The molecule has 0 aromatic heterocycles. The summed E-state index contributed by atoms with van der Waals surface area (Å²) in [5.41, 5.74) is 0. The summed E-state index contributed by atoms with van der Waals surface area (Å²) >= 11 is 0. The highest BCUT2D eigenvalue weighted by molar-refractivity contribution is 7.47. The average Bonchev–Trinajstić information content (AvgIpc) is 1.82. The summed E-state index contributed by atoms with van der Waals surface area (Å²) in [5.74, 6) is -1.43. The molecule has 0 rings (SSSR count). The topological polar surface area (TPSA) is 237 Å². The third kappa shape index (κ3) is 66.7. The van der Waals surface area contributed by atoms with Gasteiger partial charge in [-0.15, -0.1) is 0 Å². The van der Waals surface area contributed by atoms with Gasteiger partial charge in [-0.05, 0) is 31.6 Å². The predicted molar refractivity (Wildman–Crippen MR) is 372 cm³/mol. The minimum absolute atomic E-state index is 0.104. The molecule has 17 nitrogen and oxygen atoms in total. The smallest absolute Gasteiger partial charge is 0.462 e. The zero-order valence-corrected chi connectivity index (χ0v) is 61.5. The number of hydrogen-bond donors (Lipinski definition) is 3. The van der Waals surface area contributed by atoms with Crippen molar-refractivity contribution in [1.29, 1.82) is 0 Å². The summed E-state index contributed by atoms with van der Waals surface area (Å²) < 4.78 is 68.3. The molecule has 0 spiro atoms. The maximum Gasteiger partial charge on any atom is 0.472 e. The van der Waals surface area contributed by atoms with Crippen LogP contribution in [0.25, 0.3) is 0 Å². The second kappa shape index (κ2) is 66.3. The highest BCUT2D eigenvalue weighted by Gasteiger charge is 2.30. The number of aliphatic hydroxyl groups is 1. The van der Waals surface area contributed by atoms with Crippen LogP contribution in [0.2, 0.25) is 0 Å². The van der Waals surface area contributed by atoms with E-state index in [4.69, 9.17) is 37.0 Å². The lowest BCUT2D eigenvalue weighted by Gasteiger charge is -2.21. The van der Waals surface area contributed by atoms with Crippen molar-refractivity contribution in [1.82, 2.24) is 0 Å². The molecule has 3 N–H and O–H groups in total. The molecule has 19 heteroatoms. The Labute approximate surface area is 562 Å². The van der Waals surface area contributed by atoms with E-state index in [0.717, 1.165) is 89.9 Å². The van der Waals surface area contributed by atoms with Gasteiger partial charge >= 0.3 is 39.5 Å². The second-order valence-electron chi connectivity index (χ2n) is 26.8. The normalized spacial score (nSPS) is 14.0. The van der Waals surface area contributed by atoms with Crippen molar-refractivity contribution in [3.63, 3.8) is 0 Å². The quantitative estimate of drug-likeness (QED) is 0.0222. The molecular weight excluding hydrogens is 1210 g/mol. The Morgan fingerprint density at radius 2 is 0.500 bits per heavy atom. The number of aliphatic hydroxyl groups excluding tert-OH is 1. The van der Waals surface area contributed by atoms with Crippen molar-refractivity contribution in [2.75, 3.05) is 39.6 Å². The predicted octanol–water partition coefficient (Wildman–Crippen LogP) is 21.3. The van der Waals surface area contributed by atoms with E-state index in [1.165, 1.54) is 205 Å². The number of carbonyl (C=O) groups excluding carboxylic acids is 4. The minimum atomic E-state index is -4.95. The number of hydrogen-bond acceptors (Lipinski definition) is 15. The van der Waals surface area contributed by atoms with E-state index in [-0.39, 0.29) is 25.7 Å². The van der Waals surface area contributed by atoms with Crippen LogP contribution in [0.5, 0.6) is 0 Å². The lowest BCUT2D eigenvalue weighted by atomic mass is 10.0. The first-order chi connectivity index (χ1) is 44.5. The molecule has 5 atom stereocenters.